The number of H-pyrrole nitrogens is 1. The Labute approximate surface area is 214 Å². The van der Waals surface area contributed by atoms with Crippen LogP contribution >= 0.6 is 11.6 Å². The molecular formula is C28H29ClN4O3. The summed E-state index contributed by atoms with van der Waals surface area (Å²) in [6, 6.07) is 13.4. The highest BCUT2D eigenvalue weighted by Crippen LogP contribution is 2.25. The van der Waals surface area contributed by atoms with Gasteiger partial charge in [0.1, 0.15) is 5.78 Å². The van der Waals surface area contributed by atoms with Gasteiger partial charge in [-0.3, -0.25) is 14.2 Å². The molecule has 0 saturated carbocycles. The molecule has 2 aromatic heterocycles. The minimum absolute atomic E-state index is 0.0683. The van der Waals surface area contributed by atoms with Crippen LogP contribution in [0.5, 0.6) is 0 Å². The number of rotatable bonds is 8. The first-order chi connectivity index (χ1) is 17.5. The van der Waals surface area contributed by atoms with Gasteiger partial charge in [-0.05, 0) is 54.7 Å². The van der Waals surface area contributed by atoms with Crippen LogP contribution in [0.1, 0.15) is 36.5 Å². The van der Waals surface area contributed by atoms with Crippen LogP contribution in [0.4, 0.5) is 11.6 Å². The molecule has 3 heterocycles. The van der Waals surface area contributed by atoms with Gasteiger partial charge in [0.05, 0.1) is 6.54 Å². The second-order valence-corrected chi connectivity index (χ2v) is 9.64. The Kier molecular flexibility index (Phi) is 7.20. The number of benzene rings is 2. The van der Waals surface area contributed by atoms with E-state index in [4.69, 9.17) is 16.3 Å². The fourth-order valence-corrected chi connectivity index (χ4v) is 4.84. The topological polar surface area (TPSA) is 89.0 Å². The van der Waals surface area contributed by atoms with E-state index < -0.39 is 0 Å². The lowest BCUT2D eigenvalue weighted by atomic mass is 9.92. The molecule has 8 heteroatoms. The second-order valence-electron chi connectivity index (χ2n) is 9.21. The lowest BCUT2D eigenvalue weighted by molar-refractivity contribution is -0.125. The van der Waals surface area contributed by atoms with Gasteiger partial charge >= 0.3 is 0 Å². The zero-order valence-corrected chi connectivity index (χ0v) is 21.0. The van der Waals surface area contributed by atoms with Gasteiger partial charge in [-0.1, -0.05) is 36.7 Å². The molecule has 0 amide bonds. The molecule has 36 heavy (non-hydrogen) atoms. The van der Waals surface area contributed by atoms with Gasteiger partial charge in [0.2, 0.25) is 5.95 Å². The molecule has 1 aliphatic rings. The molecule has 5 rings (SSSR count). The monoisotopic (exact) mass is 504 g/mol. The minimum Gasteiger partial charge on any atom is -0.381 e. The normalized spacial score (nSPS) is 14.3. The van der Waals surface area contributed by atoms with E-state index in [2.05, 4.69) is 28.3 Å². The largest absolute Gasteiger partial charge is 0.381 e. The maximum atomic E-state index is 13.6. The first kappa shape index (κ1) is 24.3. The number of hydrogen-bond acceptors (Lipinski definition) is 5. The average Bonchev–Trinajstić information content (AvgIpc) is 3.32. The molecule has 0 atom stereocenters. The van der Waals surface area contributed by atoms with Crippen LogP contribution in [0, 0.1) is 5.92 Å². The van der Waals surface area contributed by atoms with Crippen LogP contribution in [0.2, 0.25) is 5.02 Å². The number of halogens is 1. The van der Waals surface area contributed by atoms with Crippen LogP contribution < -0.4 is 10.9 Å². The van der Waals surface area contributed by atoms with Crippen molar-refractivity contribution in [2.75, 3.05) is 18.5 Å². The second kappa shape index (κ2) is 10.7. The Balaban J connectivity index is 1.47. The average molecular weight is 505 g/mol. The first-order valence-corrected chi connectivity index (χ1v) is 12.7. The number of ketones is 1. The van der Waals surface area contributed by atoms with Crippen LogP contribution in [0.15, 0.2) is 59.7 Å². The van der Waals surface area contributed by atoms with E-state index in [0.29, 0.717) is 49.1 Å². The van der Waals surface area contributed by atoms with Crippen molar-refractivity contribution in [2.45, 2.75) is 39.2 Å². The van der Waals surface area contributed by atoms with Gasteiger partial charge in [0.15, 0.2) is 0 Å². The molecule has 1 saturated heterocycles. The molecule has 0 bridgehead atoms. The third-order valence-corrected chi connectivity index (χ3v) is 7.07. The van der Waals surface area contributed by atoms with Crippen LogP contribution in [-0.2, 0) is 28.9 Å². The van der Waals surface area contributed by atoms with E-state index in [-0.39, 0.29) is 23.7 Å². The van der Waals surface area contributed by atoms with Gasteiger partial charge in [0.25, 0.3) is 5.56 Å². The molecule has 186 valence electrons. The molecule has 4 aromatic rings. The molecular weight excluding hydrogens is 476 g/mol. The molecule has 7 nitrogen and oxygen atoms in total. The van der Waals surface area contributed by atoms with Gasteiger partial charge in [-0.2, -0.15) is 0 Å². The summed E-state index contributed by atoms with van der Waals surface area (Å²) in [6.45, 7) is 3.60. The maximum Gasteiger partial charge on any atom is 0.258 e. The number of aromatic nitrogens is 3. The number of aryl methyl sites for hydroxylation is 1. The van der Waals surface area contributed by atoms with Crippen LogP contribution in [0.25, 0.3) is 10.9 Å². The zero-order valence-electron chi connectivity index (χ0n) is 20.2. The quantitative estimate of drug-likeness (QED) is 0.341. The molecule has 1 aliphatic heterocycles. The highest BCUT2D eigenvalue weighted by molar-refractivity contribution is 6.30. The summed E-state index contributed by atoms with van der Waals surface area (Å²) in [5, 5.41) is 5.12. The van der Waals surface area contributed by atoms with E-state index in [9.17, 15) is 9.59 Å². The first-order valence-electron chi connectivity index (χ1n) is 12.3. The maximum absolute atomic E-state index is 13.6. The summed E-state index contributed by atoms with van der Waals surface area (Å²) in [4.78, 5) is 34.4. The smallest absolute Gasteiger partial charge is 0.258 e. The summed E-state index contributed by atoms with van der Waals surface area (Å²) < 4.78 is 6.96. The number of anilines is 2. The van der Waals surface area contributed by atoms with Crippen molar-refractivity contribution in [1.82, 2.24) is 14.5 Å². The Morgan fingerprint density at radius 1 is 1.17 bits per heavy atom. The van der Waals surface area contributed by atoms with Crippen LogP contribution in [0.3, 0.4) is 0 Å². The fraction of sp³-hybridized carbons (Fsp3) is 0.321. The number of carbonyl (C=O) groups is 1. The van der Waals surface area contributed by atoms with Gasteiger partial charge in [-0.15, -0.1) is 0 Å². The van der Waals surface area contributed by atoms with Crippen molar-refractivity contribution in [3.63, 3.8) is 0 Å². The number of carbonyl (C=O) groups excluding carboxylic acids is 1. The highest BCUT2D eigenvalue weighted by atomic mass is 35.5. The molecule has 1 fully saturated rings. The van der Waals surface area contributed by atoms with Crippen molar-refractivity contribution in [3.05, 3.63) is 86.9 Å². The molecule has 0 radical (unpaired) electrons. The number of aromatic amines is 1. The van der Waals surface area contributed by atoms with E-state index in [1.54, 1.807) is 16.7 Å². The summed E-state index contributed by atoms with van der Waals surface area (Å²) >= 11 is 6.06. The number of ether oxygens (including phenoxy) is 1. The Bertz CT molecular complexity index is 1440. The van der Waals surface area contributed by atoms with Crippen molar-refractivity contribution in [1.29, 1.82) is 0 Å². The fourth-order valence-electron chi connectivity index (χ4n) is 4.71. The lowest BCUT2D eigenvalue weighted by Gasteiger charge is -2.21. The third kappa shape index (κ3) is 5.22. The van der Waals surface area contributed by atoms with Gasteiger partial charge in [-0.25, -0.2) is 4.98 Å². The predicted molar refractivity (Wildman–Crippen MR) is 142 cm³/mol. The summed E-state index contributed by atoms with van der Waals surface area (Å²) in [5.41, 5.74) is 4.17. The van der Waals surface area contributed by atoms with Crippen LogP contribution in [-0.4, -0.2) is 33.5 Å². The number of hydrogen-bond donors (Lipinski definition) is 2. The van der Waals surface area contributed by atoms with Gasteiger partial charge in [0, 0.05) is 65.1 Å². The number of fused-ring (bicyclic) bond motifs is 1. The third-order valence-electron chi connectivity index (χ3n) is 6.82. The van der Waals surface area contributed by atoms with E-state index >= 15 is 0 Å². The van der Waals surface area contributed by atoms with E-state index in [1.165, 1.54) is 17.1 Å². The Morgan fingerprint density at radius 3 is 2.69 bits per heavy atom. The molecule has 2 aromatic carbocycles. The summed E-state index contributed by atoms with van der Waals surface area (Å²) in [6.07, 6.45) is 5.97. The molecule has 0 spiro atoms. The number of nitrogens with one attached hydrogen (secondary N) is 2. The highest BCUT2D eigenvalue weighted by Gasteiger charge is 2.23. The molecule has 0 aliphatic carbocycles. The van der Waals surface area contributed by atoms with E-state index in [1.807, 2.05) is 30.5 Å². The number of nitrogens with zero attached hydrogens (tertiary/aromatic N) is 2. The summed E-state index contributed by atoms with van der Waals surface area (Å²) in [7, 11) is 0. The molecule has 0 unspecified atom stereocenters. The Morgan fingerprint density at radius 2 is 1.94 bits per heavy atom. The van der Waals surface area contributed by atoms with Crippen molar-refractivity contribution >= 4 is 39.9 Å². The SMILES string of the molecule is CCc1c[nH]c2cc(Nc3ncc(CC(=O)C4CCOCC4)c(=O)n3Cc3ccc(Cl)cc3)ccc12. The van der Waals surface area contributed by atoms with Crippen molar-refractivity contribution in [3.8, 4) is 0 Å². The Hall–Kier alpha value is -3.42. The molecule has 2 N–H and O–H groups in total. The van der Waals surface area contributed by atoms with Crippen molar-refractivity contribution in [2.24, 2.45) is 5.92 Å². The predicted octanol–water partition coefficient (Wildman–Crippen LogP) is 5.27. The lowest BCUT2D eigenvalue weighted by Crippen LogP contribution is -2.31. The standard InChI is InChI=1S/C28H29ClN4O3/c1-2-19-15-30-25-14-23(7-8-24(19)25)32-28-31-16-21(13-26(34)20-9-11-36-12-10-20)27(35)33(28)17-18-3-5-22(29)6-4-18/h3-8,14-16,20,30H,2,9-13,17H2,1H3,(H,31,32). The van der Waals surface area contributed by atoms with Gasteiger partial charge < -0.3 is 15.0 Å². The zero-order chi connectivity index (χ0) is 25.1. The van der Waals surface area contributed by atoms with E-state index in [0.717, 1.165) is 23.2 Å². The summed E-state index contributed by atoms with van der Waals surface area (Å²) in [5.74, 6) is 0.417. The minimum atomic E-state index is -0.225. The van der Waals surface area contributed by atoms with Crippen molar-refractivity contribution < 1.29 is 9.53 Å². The number of Topliss-reactive ketones (excluding diaryl/α,β-unsaturated/α-hetero) is 1.